The van der Waals surface area contributed by atoms with Gasteiger partial charge in [0.15, 0.2) is 0 Å². The van der Waals surface area contributed by atoms with E-state index in [0.717, 1.165) is 6.42 Å². The topological polar surface area (TPSA) is 55.6 Å². The van der Waals surface area contributed by atoms with Gasteiger partial charge in [0.1, 0.15) is 0 Å². The van der Waals surface area contributed by atoms with Crippen LogP contribution in [0, 0.1) is 0 Å². The summed E-state index contributed by atoms with van der Waals surface area (Å²) in [4.78, 5) is 15.8. The number of hydrogen-bond donors (Lipinski definition) is 1. The molecule has 0 aliphatic rings. The third-order valence-electron chi connectivity index (χ3n) is 1.01. The van der Waals surface area contributed by atoms with Gasteiger partial charge in [-0.1, -0.05) is 6.92 Å². The van der Waals surface area contributed by atoms with E-state index in [9.17, 15) is 4.79 Å². The van der Waals surface area contributed by atoms with Crippen LogP contribution in [0.15, 0.2) is 0 Å². The molecule has 0 aromatic carbocycles. The molecule has 2 N–H and O–H groups in total. The van der Waals surface area contributed by atoms with Crippen LogP contribution >= 0.6 is 0 Å². The van der Waals surface area contributed by atoms with Gasteiger partial charge in [0.25, 0.3) is 0 Å². The van der Waals surface area contributed by atoms with Crippen molar-refractivity contribution in [1.29, 1.82) is 0 Å². The number of hydrogen-bond acceptors (Lipinski definition) is 2. The molecule has 0 bridgehead atoms. The highest BCUT2D eigenvalue weighted by atomic mass is 16.7. The van der Waals surface area contributed by atoms with Gasteiger partial charge in [-0.15, -0.1) is 0 Å². The Kier molecular flexibility index (Phi) is 4.61. The number of hydroxylamine groups is 2. The van der Waals surface area contributed by atoms with Gasteiger partial charge >= 0.3 is 6.03 Å². The molecule has 66 valence electrons. The van der Waals surface area contributed by atoms with E-state index in [-0.39, 0.29) is 6.10 Å². The average Bonchev–Trinajstić information content (AvgIpc) is 1.86. The van der Waals surface area contributed by atoms with Gasteiger partial charge in [0.05, 0.1) is 12.6 Å². The standard InChI is InChI=1S/C7H16N2O2/c1-4-5-9(7(8)10)11-6(2)3/h6H,4-5H2,1-3H3,(H2,8,10). The molecule has 0 saturated carbocycles. The summed E-state index contributed by atoms with van der Waals surface area (Å²) in [5, 5.41) is 1.19. The molecule has 0 aliphatic heterocycles. The predicted octanol–water partition coefficient (Wildman–Crippen LogP) is 1.12. The molecule has 4 heteroatoms. The van der Waals surface area contributed by atoms with Gasteiger partial charge in [-0.2, -0.15) is 0 Å². The molecule has 0 aliphatic carbocycles. The lowest BCUT2D eigenvalue weighted by atomic mass is 10.5. The van der Waals surface area contributed by atoms with Gasteiger partial charge in [-0.05, 0) is 20.3 Å². The third kappa shape index (κ3) is 4.61. The monoisotopic (exact) mass is 160 g/mol. The van der Waals surface area contributed by atoms with Crippen LogP contribution in [-0.2, 0) is 4.84 Å². The van der Waals surface area contributed by atoms with Crippen LogP contribution in [0.5, 0.6) is 0 Å². The number of nitrogens with zero attached hydrogens (tertiary/aromatic N) is 1. The van der Waals surface area contributed by atoms with Gasteiger partial charge in [-0.25, -0.2) is 9.86 Å². The van der Waals surface area contributed by atoms with Gasteiger partial charge in [0.2, 0.25) is 0 Å². The van der Waals surface area contributed by atoms with E-state index < -0.39 is 6.03 Å². The zero-order valence-corrected chi connectivity index (χ0v) is 7.33. The molecule has 0 fully saturated rings. The van der Waals surface area contributed by atoms with Gasteiger partial charge in [0, 0.05) is 0 Å². The molecule has 0 aromatic rings. The third-order valence-corrected chi connectivity index (χ3v) is 1.01. The highest BCUT2D eigenvalue weighted by Crippen LogP contribution is 1.97. The van der Waals surface area contributed by atoms with Crippen LogP contribution in [0.1, 0.15) is 27.2 Å². The second-order valence-electron chi connectivity index (χ2n) is 2.59. The second-order valence-corrected chi connectivity index (χ2v) is 2.59. The van der Waals surface area contributed by atoms with Crippen LogP contribution < -0.4 is 5.73 Å². The first kappa shape index (κ1) is 10.2. The van der Waals surface area contributed by atoms with E-state index in [1.54, 1.807) is 0 Å². The van der Waals surface area contributed by atoms with Crippen molar-refractivity contribution in [2.75, 3.05) is 6.54 Å². The smallest absolute Gasteiger partial charge is 0.338 e. The summed E-state index contributed by atoms with van der Waals surface area (Å²) >= 11 is 0. The molecule has 0 radical (unpaired) electrons. The summed E-state index contributed by atoms with van der Waals surface area (Å²) in [6.45, 7) is 6.21. The zero-order valence-electron chi connectivity index (χ0n) is 7.33. The van der Waals surface area contributed by atoms with Crippen molar-refractivity contribution in [1.82, 2.24) is 5.06 Å². The van der Waals surface area contributed by atoms with Crippen molar-refractivity contribution in [2.45, 2.75) is 33.3 Å². The summed E-state index contributed by atoms with van der Waals surface area (Å²) in [6.07, 6.45) is 0.837. The molecule has 0 rings (SSSR count). The lowest BCUT2D eigenvalue weighted by molar-refractivity contribution is -0.145. The number of amides is 2. The highest BCUT2D eigenvalue weighted by Gasteiger charge is 2.09. The molecule has 0 unspecified atom stereocenters. The van der Waals surface area contributed by atoms with Gasteiger partial charge in [-0.3, -0.25) is 4.84 Å². The Morgan fingerprint density at radius 3 is 2.45 bits per heavy atom. The Morgan fingerprint density at radius 2 is 2.18 bits per heavy atom. The predicted molar refractivity (Wildman–Crippen MR) is 42.8 cm³/mol. The van der Waals surface area contributed by atoms with Crippen LogP contribution in [0.4, 0.5) is 4.79 Å². The van der Waals surface area contributed by atoms with E-state index in [2.05, 4.69) is 0 Å². The normalized spacial score (nSPS) is 10.2. The van der Waals surface area contributed by atoms with Crippen molar-refractivity contribution in [3.05, 3.63) is 0 Å². The maximum Gasteiger partial charge on any atom is 0.338 e. The maximum atomic E-state index is 10.6. The van der Waals surface area contributed by atoms with Crippen molar-refractivity contribution in [2.24, 2.45) is 5.73 Å². The van der Waals surface area contributed by atoms with Crippen LogP contribution in [-0.4, -0.2) is 23.7 Å². The van der Waals surface area contributed by atoms with Crippen LogP contribution in [0.3, 0.4) is 0 Å². The van der Waals surface area contributed by atoms with Crippen molar-refractivity contribution >= 4 is 6.03 Å². The summed E-state index contributed by atoms with van der Waals surface area (Å²) in [6, 6.07) is -0.527. The Labute approximate surface area is 67.3 Å². The molecule has 0 aromatic heterocycles. The minimum atomic E-state index is -0.527. The molecule has 11 heavy (non-hydrogen) atoms. The van der Waals surface area contributed by atoms with E-state index in [1.165, 1.54) is 5.06 Å². The van der Waals surface area contributed by atoms with Crippen LogP contribution in [0.25, 0.3) is 0 Å². The number of rotatable bonds is 4. The number of carbonyl (C=O) groups is 1. The minimum Gasteiger partial charge on any atom is -0.350 e. The zero-order chi connectivity index (χ0) is 8.85. The van der Waals surface area contributed by atoms with Crippen molar-refractivity contribution in [3.8, 4) is 0 Å². The molecule has 2 amide bonds. The Balaban J connectivity index is 3.79. The lowest BCUT2D eigenvalue weighted by Crippen LogP contribution is -2.38. The fourth-order valence-corrected chi connectivity index (χ4v) is 0.672. The second kappa shape index (κ2) is 4.96. The number of primary amides is 1. The first-order valence-electron chi connectivity index (χ1n) is 3.81. The Hall–Kier alpha value is -0.770. The molecule has 0 atom stereocenters. The lowest BCUT2D eigenvalue weighted by Gasteiger charge is -2.20. The fourth-order valence-electron chi connectivity index (χ4n) is 0.672. The Bertz CT molecular complexity index is 126. The maximum absolute atomic E-state index is 10.6. The fraction of sp³-hybridized carbons (Fsp3) is 0.857. The molecule has 4 nitrogen and oxygen atoms in total. The van der Waals surface area contributed by atoms with E-state index in [1.807, 2.05) is 20.8 Å². The van der Waals surface area contributed by atoms with Crippen molar-refractivity contribution in [3.63, 3.8) is 0 Å². The first-order valence-corrected chi connectivity index (χ1v) is 3.81. The number of carbonyl (C=O) groups excluding carboxylic acids is 1. The molecular weight excluding hydrogens is 144 g/mol. The largest absolute Gasteiger partial charge is 0.350 e. The van der Waals surface area contributed by atoms with E-state index in [4.69, 9.17) is 10.6 Å². The minimum absolute atomic E-state index is 0.00551. The van der Waals surface area contributed by atoms with E-state index >= 15 is 0 Å². The van der Waals surface area contributed by atoms with Crippen molar-refractivity contribution < 1.29 is 9.63 Å². The summed E-state index contributed by atoms with van der Waals surface area (Å²) in [5.74, 6) is 0. The molecule has 0 saturated heterocycles. The molecule has 0 spiro atoms. The summed E-state index contributed by atoms with van der Waals surface area (Å²) in [7, 11) is 0. The van der Waals surface area contributed by atoms with Gasteiger partial charge < -0.3 is 5.73 Å². The summed E-state index contributed by atoms with van der Waals surface area (Å²) in [5.41, 5.74) is 5.03. The van der Waals surface area contributed by atoms with Crippen LogP contribution in [0.2, 0.25) is 0 Å². The number of nitrogens with two attached hydrogens (primary N) is 1. The average molecular weight is 160 g/mol. The first-order chi connectivity index (χ1) is 5.07. The Morgan fingerprint density at radius 1 is 1.64 bits per heavy atom. The quantitative estimate of drug-likeness (QED) is 0.626. The molecular formula is C7H16N2O2. The molecule has 0 heterocycles. The summed E-state index contributed by atoms with van der Waals surface area (Å²) < 4.78 is 0. The number of urea groups is 1. The highest BCUT2D eigenvalue weighted by molar-refractivity contribution is 5.70. The van der Waals surface area contributed by atoms with E-state index in [0.29, 0.717) is 6.54 Å². The SMILES string of the molecule is CCCN(OC(C)C)C(N)=O.